The lowest BCUT2D eigenvalue weighted by Gasteiger charge is -1.91. The minimum atomic E-state index is -3.10. The van der Waals surface area contributed by atoms with Crippen LogP contribution in [0.5, 0.6) is 0 Å². The van der Waals surface area contributed by atoms with E-state index in [2.05, 4.69) is 4.18 Å². The molecule has 1 rings (SSSR count). The van der Waals surface area contributed by atoms with Crippen LogP contribution < -0.4 is 0 Å². The second-order valence-corrected chi connectivity index (χ2v) is 4.66. The van der Waals surface area contributed by atoms with Gasteiger partial charge in [-0.15, -0.1) is 0 Å². The molecule has 3 nitrogen and oxygen atoms in total. The Morgan fingerprint density at radius 2 is 2.25 bits per heavy atom. The largest absolute Gasteiger partial charge is 0.268 e. The molecule has 0 radical (unpaired) electrons. The lowest BCUT2D eigenvalue weighted by molar-refractivity contribution is 0.338. The van der Waals surface area contributed by atoms with Crippen LogP contribution in [0.1, 0.15) is 6.42 Å². The van der Waals surface area contributed by atoms with E-state index in [-0.39, 0.29) is 9.86 Å². The summed E-state index contributed by atoms with van der Waals surface area (Å²) in [5.41, 5.74) is 0. The van der Waals surface area contributed by atoms with Gasteiger partial charge in [-0.3, -0.25) is 4.18 Å². The third kappa shape index (κ3) is 1.56. The first kappa shape index (κ1) is 6.76. The van der Waals surface area contributed by atoms with Crippen LogP contribution in [0.3, 0.4) is 0 Å². The molecule has 1 unspecified atom stereocenters. The van der Waals surface area contributed by atoms with Crippen molar-refractivity contribution in [3.8, 4) is 0 Å². The van der Waals surface area contributed by atoms with Gasteiger partial charge in [-0.2, -0.15) is 8.42 Å². The Labute approximate surface area is 61.7 Å². The first-order chi connectivity index (χ1) is 3.60. The van der Waals surface area contributed by atoms with E-state index in [4.69, 9.17) is 0 Å². The van der Waals surface area contributed by atoms with Crippen molar-refractivity contribution in [2.75, 3.05) is 5.75 Å². The Hall–Kier alpha value is 0.640. The quantitative estimate of drug-likeness (QED) is 0.356. The number of halogens is 1. The van der Waals surface area contributed by atoms with E-state index in [0.717, 1.165) is 0 Å². The van der Waals surface area contributed by atoms with E-state index < -0.39 is 10.1 Å². The molecule has 1 fully saturated rings. The highest BCUT2D eigenvalue weighted by atomic mass is 127. The predicted molar refractivity (Wildman–Crippen MR) is 37.3 cm³/mol. The number of alkyl halides is 1. The van der Waals surface area contributed by atoms with Crippen molar-refractivity contribution < 1.29 is 12.6 Å². The zero-order chi connectivity index (χ0) is 6.20. The minimum Gasteiger partial charge on any atom is -0.256 e. The molecule has 0 amide bonds. The average Bonchev–Trinajstić information content (AvgIpc) is 1.82. The summed E-state index contributed by atoms with van der Waals surface area (Å²) < 4.78 is 25.2. The Balaban J connectivity index is 2.71. The van der Waals surface area contributed by atoms with E-state index in [9.17, 15) is 8.42 Å². The fraction of sp³-hybridized carbons (Fsp3) is 1.00. The zero-order valence-corrected chi connectivity index (χ0v) is 6.98. The van der Waals surface area contributed by atoms with Crippen LogP contribution in [-0.4, -0.2) is 18.3 Å². The molecule has 48 valence electrons. The Morgan fingerprint density at radius 1 is 1.62 bits per heavy atom. The molecule has 1 aliphatic rings. The SMILES string of the molecule is O=S1(=O)CCC(I)O1. The summed E-state index contributed by atoms with van der Waals surface area (Å²) in [6.45, 7) is 0. The summed E-state index contributed by atoms with van der Waals surface area (Å²) in [4.78, 5) is 0. The standard InChI is InChI=1S/C3H5IO3S/c4-3-1-2-8(5,6)7-3/h3H,1-2H2. The van der Waals surface area contributed by atoms with E-state index in [1.54, 1.807) is 0 Å². The Kier molecular flexibility index (Phi) is 1.78. The smallest absolute Gasteiger partial charge is 0.256 e. The summed E-state index contributed by atoms with van der Waals surface area (Å²) in [6, 6.07) is 0. The van der Waals surface area contributed by atoms with Crippen LogP contribution in [0.15, 0.2) is 0 Å². The van der Waals surface area contributed by atoms with E-state index in [0.29, 0.717) is 6.42 Å². The van der Waals surface area contributed by atoms with E-state index in [1.165, 1.54) is 0 Å². The molecule has 0 aromatic carbocycles. The van der Waals surface area contributed by atoms with Crippen molar-refractivity contribution >= 4 is 32.7 Å². The van der Waals surface area contributed by atoms with Crippen LogP contribution >= 0.6 is 22.6 Å². The molecule has 1 heterocycles. The van der Waals surface area contributed by atoms with Crippen LogP contribution in [0.2, 0.25) is 0 Å². The minimum absolute atomic E-state index is 0.127. The summed E-state index contributed by atoms with van der Waals surface area (Å²) in [6.07, 6.45) is 0.628. The molecule has 1 aliphatic heterocycles. The summed E-state index contributed by atoms with van der Waals surface area (Å²) in [7, 11) is -3.10. The number of hydrogen-bond donors (Lipinski definition) is 0. The van der Waals surface area contributed by atoms with Gasteiger partial charge in [0, 0.05) is 6.42 Å². The maximum atomic E-state index is 10.4. The highest BCUT2D eigenvalue weighted by molar-refractivity contribution is 14.1. The average molecular weight is 248 g/mol. The second-order valence-electron chi connectivity index (χ2n) is 1.56. The van der Waals surface area contributed by atoms with Crippen LogP contribution in [-0.2, 0) is 14.3 Å². The van der Waals surface area contributed by atoms with Gasteiger partial charge < -0.3 is 0 Å². The third-order valence-corrected chi connectivity index (χ3v) is 3.33. The van der Waals surface area contributed by atoms with Crippen molar-refractivity contribution in [3.63, 3.8) is 0 Å². The zero-order valence-electron chi connectivity index (χ0n) is 4.00. The highest BCUT2D eigenvalue weighted by Gasteiger charge is 2.25. The monoisotopic (exact) mass is 248 g/mol. The topological polar surface area (TPSA) is 43.4 Å². The summed E-state index contributed by atoms with van der Waals surface area (Å²) >= 11 is 1.96. The molecular formula is C3H5IO3S. The van der Waals surface area contributed by atoms with Crippen LogP contribution in [0.25, 0.3) is 0 Å². The molecule has 0 aromatic rings. The lowest BCUT2D eigenvalue weighted by Crippen LogP contribution is -1.99. The highest BCUT2D eigenvalue weighted by Crippen LogP contribution is 2.20. The Morgan fingerprint density at radius 3 is 2.38 bits per heavy atom. The van der Waals surface area contributed by atoms with Gasteiger partial charge in [0.05, 0.1) is 5.75 Å². The maximum absolute atomic E-state index is 10.4. The first-order valence-corrected chi connectivity index (χ1v) is 4.97. The second kappa shape index (κ2) is 2.11. The molecule has 1 saturated heterocycles. The van der Waals surface area contributed by atoms with E-state index >= 15 is 0 Å². The van der Waals surface area contributed by atoms with Crippen LogP contribution in [0.4, 0.5) is 0 Å². The van der Waals surface area contributed by atoms with Gasteiger partial charge >= 0.3 is 0 Å². The van der Waals surface area contributed by atoms with Gasteiger partial charge in [-0.1, -0.05) is 0 Å². The van der Waals surface area contributed by atoms with Gasteiger partial charge in [0.25, 0.3) is 10.1 Å². The first-order valence-electron chi connectivity index (χ1n) is 2.15. The van der Waals surface area contributed by atoms with Crippen LogP contribution in [0, 0.1) is 0 Å². The van der Waals surface area contributed by atoms with Crippen molar-refractivity contribution in [2.24, 2.45) is 0 Å². The van der Waals surface area contributed by atoms with Crippen molar-refractivity contribution in [2.45, 2.75) is 10.5 Å². The molecule has 8 heavy (non-hydrogen) atoms. The summed E-state index contributed by atoms with van der Waals surface area (Å²) in [5, 5.41) is 0. The maximum Gasteiger partial charge on any atom is 0.268 e. The molecule has 5 heteroatoms. The van der Waals surface area contributed by atoms with Crippen molar-refractivity contribution in [1.82, 2.24) is 0 Å². The molecular weight excluding hydrogens is 243 g/mol. The molecule has 0 bridgehead atoms. The molecule has 0 aromatic heterocycles. The molecule has 0 spiro atoms. The van der Waals surface area contributed by atoms with Gasteiger partial charge in [-0.25, -0.2) is 0 Å². The molecule has 1 atom stereocenters. The molecule has 0 saturated carbocycles. The van der Waals surface area contributed by atoms with E-state index in [1.807, 2.05) is 22.6 Å². The predicted octanol–water partition coefficient (Wildman–Crippen LogP) is 0.498. The lowest BCUT2D eigenvalue weighted by atomic mass is 10.5. The van der Waals surface area contributed by atoms with Gasteiger partial charge in [0.1, 0.15) is 4.11 Å². The molecule has 0 aliphatic carbocycles. The fourth-order valence-corrected chi connectivity index (χ4v) is 3.19. The number of rotatable bonds is 0. The van der Waals surface area contributed by atoms with Gasteiger partial charge in [0.15, 0.2) is 0 Å². The number of hydrogen-bond acceptors (Lipinski definition) is 3. The van der Waals surface area contributed by atoms with Gasteiger partial charge in [-0.05, 0) is 22.6 Å². The summed E-state index contributed by atoms with van der Waals surface area (Å²) in [5.74, 6) is 0.181. The fourth-order valence-electron chi connectivity index (χ4n) is 0.492. The normalized spacial score (nSPS) is 35.4. The third-order valence-electron chi connectivity index (χ3n) is 0.846. The van der Waals surface area contributed by atoms with Gasteiger partial charge in [0.2, 0.25) is 0 Å². The Bertz CT molecular complexity index is 173. The molecule has 0 N–H and O–H groups in total. The van der Waals surface area contributed by atoms with Crippen molar-refractivity contribution in [1.29, 1.82) is 0 Å². The van der Waals surface area contributed by atoms with Crippen molar-refractivity contribution in [3.05, 3.63) is 0 Å².